The minimum atomic E-state index is -0.0945. The highest BCUT2D eigenvalue weighted by atomic mass is 14.9. The molecule has 0 saturated carbocycles. The van der Waals surface area contributed by atoms with E-state index in [0.717, 1.165) is 12.8 Å². The lowest BCUT2D eigenvalue weighted by Crippen LogP contribution is -2.33. The van der Waals surface area contributed by atoms with Gasteiger partial charge in [-0.3, -0.25) is 0 Å². The number of rotatable bonds is 5. The van der Waals surface area contributed by atoms with Crippen LogP contribution < -0.4 is 11.1 Å². The van der Waals surface area contributed by atoms with Crippen LogP contribution in [0.3, 0.4) is 0 Å². The van der Waals surface area contributed by atoms with Crippen molar-refractivity contribution in [2.24, 2.45) is 5.73 Å². The first-order chi connectivity index (χ1) is 8.26. The minimum Gasteiger partial charge on any atom is -0.326 e. The predicted octanol–water partition coefficient (Wildman–Crippen LogP) is 3.39. The molecule has 0 aliphatic carbocycles. The monoisotopic (exact) mass is 248 g/mol. The van der Waals surface area contributed by atoms with Crippen molar-refractivity contribution in [1.82, 2.24) is 5.32 Å². The molecule has 0 fully saturated rings. The van der Waals surface area contributed by atoms with Crippen LogP contribution in [-0.2, 0) is 0 Å². The summed E-state index contributed by atoms with van der Waals surface area (Å²) in [6.07, 6.45) is 2.09. The Labute approximate surface area is 112 Å². The maximum Gasteiger partial charge on any atom is 0.0320 e. The molecule has 1 rings (SSSR count). The van der Waals surface area contributed by atoms with Gasteiger partial charge in [0.1, 0.15) is 0 Å². The van der Waals surface area contributed by atoms with Crippen molar-refractivity contribution in [3.8, 4) is 0 Å². The van der Waals surface area contributed by atoms with Crippen molar-refractivity contribution >= 4 is 0 Å². The van der Waals surface area contributed by atoms with E-state index in [1.807, 2.05) is 7.05 Å². The average molecular weight is 248 g/mol. The Morgan fingerprint density at radius 2 is 1.78 bits per heavy atom. The summed E-state index contributed by atoms with van der Waals surface area (Å²) in [6, 6.07) is 4.87. The van der Waals surface area contributed by atoms with Gasteiger partial charge in [0.25, 0.3) is 0 Å². The van der Waals surface area contributed by atoms with E-state index < -0.39 is 0 Å². The molecule has 3 N–H and O–H groups in total. The van der Waals surface area contributed by atoms with Gasteiger partial charge in [-0.2, -0.15) is 0 Å². The standard InChI is InChI=1S/C16H28N2/c1-11-7-8-14(13(3)12(11)2)15(18-6)9-10-16(4,5)17/h7-8,15,18H,9-10,17H2,1-6H3. The number of benzene rings is 1. The summed E-state index contributed by atoms with van der Waals surface area (Å²) in [5.74, 6) is 0. The van der Waals surface area contributed by atoms with Crippen LogP contribution in [-0.4, -0.2) is 12.6 Å². The van der Waals surface area contributed by atoms with Crippen LogP contribution >= 0.6 is 0 Å². The lowest BCUT2D eigenvalue weighted by Gasteiger charge is -2.25. The zero-order valence-corrected chi connectivity index (χ0v) is 12.7. The second-order valence-corrected chi connectivity index (χ2v) is 6.09. The molecule has 0 saturated heterocycles. The molecule has 1 aromatic rings. The average Bonchev–Trinajstić information content (AvgIpc) is 2.28. The third-order valence-electron chi connectivity index (χ3n) is 3.90. The number of nitrogens with one attached hydrogen (secondary N) is 1. The van der Waals surface area contributed by atoms with Gasteiger partial charge in [-0.25, -0.2) is 0 Å². The Bertz CT molecular complexity index is 402. The smallest absolute Gasteiger partial charge is 0.0320 e. The highest BCUT2D eigenvalue weighted by molar-refractivity contribution is 5.40. The van der Waals surface area contributed by atoms with Gasteiger partial charge in [0, 0.05) is 11.6 Å². The fraction of sp³-hybridized carbons (Fsp3) is 0.625. The Hall–Kier alpha value is -0.860. The quantitative estimate of drug-likeness (QED) is 0.838. The van der Waals surface area contributed by atoms with Gasteiger partial charge in [0.15, 0.2) is 0 Å². The summed E-state index contributed by atoms with van der Waals surface area (Å²) in [6.45, 7) is 10.8. The van der Waals surface area contributed by atoms with Crippen molar-refractivity contribution in [3.05, 3.63) is 34.4 Å². The van der Waals surface area contributed by atoms with Gasteiger partial charge >= 0.3 is 0 Å². The van der Waals surface area contributed by atoms with Gasteiger partial charge in [-0.1, -0.05) is 12.1 Å². The Kier molecular flexibility index (Phi) is 4.94. The van der Waals surface area contributed by atoms with Gasteiger partial charge in [0.05, 0.1) is 0 Å². The summed E-state index contributed by atoms with van der Waals surface area (Å²) in [7, 11) is 2.03. The molecular weight excluding hydrogens is 220 g/mol. The van der Waals surface area contributed by atoms with Crippen LogP contribution in [0.25, 0.3) is 0 Å². The summed E-state index contributed by atoms with van der Waals surface area (Å²) in [5.41, 5.74) is 11.6. The van der Waals surface area contributed by atoms with Crippen molar-refractivity contribution < 1.29 is 0 Å². The van der Waals surface area contributed by atoms with Crippen molar-refractivity contribution in [1.29, 1.82) is 0 Å². The van der Waals surface area contributed by atoms with Crippen LogP contribution in [0.4, 0.5) is 0 Å². The SMILES string of the molecule is CNC(CCC(C)(C)N)c1ccc(C)c(C)c1C. The maximum atomic E-state index is 6.08. The largest absolute Gasteiger partial charge is 0.326 e. The first-order valence-electron chi connectivity index (χ1n) is 6.79. The highest BCUT2D eigenvalue weighted by Gasteiger charge is 2.18. The lowest BCUT2D eigenvalue weighted by atomic mass is 9.89. The van der Waals surface area contributed by atoms with E-state index in [2.05, 4.69) is 52.1 Å². The summed E-state index contributed by atoms with van der Waals surface area (Å²) in [5, 5.41) is 3.42. The Morgan fingerprint density at radius 1 is 1.17 bits per heavy atom. The zero-order valence-electron chi connectivity index (χ0n) is 12.7. The molecular formula is C16H28N2. The predicted molar refractivity (Wildman–Crippen MR) is 80.0 cm³/mol. The number of aryl methyl sites for hydroxylation is 1. The van der Waals surface area contributed by atoms with Crippen LogP contribution in [0.1, 0.15) is 55.0 Å². The molecule has 0 aliphatic heterocycles. The molecule has 0 radical (unpaired) electrons. The zero-order chi connectivity index (χ0) is 13.9. The van der Waals surface area contributed by atoms with E-state index >= 15 is 0 Å². The van der Waals surface area contributed by atoms with Gasteiger partial charge < -0.3 is 11.1 Å². The topological polar surface area (TPSA) is 38.0 Å². The van der Waals surface area contributed by atoms with Gasteiger partial charge in [0.2, 0.25) is 0 Å². The van der Waals surface area contributed by atoms with Crippen molar-refractivity contribution in [3.63, 3.8) is 0 Å². The van der Waals surface area contributed by atoms with Crippen molar-refractivity contribution in [2.75, 3.05) is 7.05 Å². The Balaban J connectivity index is 2.92. The van der Waals surface area contributed by atoms with Crippen LogP contribution in [0, 0.1) is 20.8 Å². The fourth-order valence-corrected chi connectivity index (χ4v) is 2.33. The molecule has 0 heterocycles. The van der Waals surface area contributed by atoms with E-state index in [0.29, 0.717) is 6.04 Å². The number of nitrogens with two attached hydrogens (primary N) is 1. The molecule has 102 valence electrons. The molecule has 1 unspecified atom stereocenters. The first kappa shape index (κ1) is 15.2. The molecule has 0 aromatic heterocycles. The summed E-state index contributed by atoms with van der Waals surface area (Å²) in [4.78, 5) is 0. The molecule has 18 heavy (non-hydrogen) atoms. The van der Waals surface area contributed by atoms with E-state index in [-0.39, 0.29) is 5.54 Å². The van der Waals surface area contributed by atoms with E-state index in [1.54, 1.807) is 0 Å². The van der Waals surface area contributed by atoms with Gasteiger partial charge in [-0.05, 0) is 76.8 Å². The molecule has 0 aliphatic rings. The van der Waals surface area contributed by atoms with Crippen molar-refractivity contribution in [2.45, 2.75) is 59.0 Å². The molecule has 1 aromatic carbocycles. The van der Waals surface area contributed by atoms with E-state index in [9.17, 15) is 0 Å². The van der Waals surface area contributed by atoms with Crippen LogP contribution in [0.2, 0.25) is 0 Å². The number of hydrogen-bond donors (Lipinski definition) is 2. The van der Waals surface area contributed by atoms with Crippen LogP contribution in [0.15, 0.2) is 12.1 Å². The second kappa shape index (κ2) is 5.85. The highest BCUT2D eigenvalue weighted by Crippen LogP contribution is 2.27. The molecule has 0 spiro atoms. The van der Waals surface area contributed by atoms with Gasteiger partial charge in [-0.15, -0.1) is 0 Å². The molecule has 1 atom stereocenters. The van der Waals surface area contributed by atoms with E-state index in [4.69, 9.17) is 5.73 Å². The summed E-state index contributed by atoms with van der Waals surface area (Å²) < 4.78 is 0. The molecule has 2 heteroatoms. The fourth-order valence-electron chi connectivity index (χ4n) is 2.33. The molecule has 2 nitrogen and oxygen atoms in total. The lowest BCUT2D eigenvalue weighted by molar-refractivity contribution is 0.410. The maximum absolute atomic E-state index is 6.08. The molecule has 0 bridgehead atoms. The summed E-state index contributed by atoms with van der Waals surface area (Å²) >= 11 is 0. The normalized spacial score (nSPS) is 13.7. The van der Waals surface area contributed by atoms with Crippen LogP contribution in [0.5, 0.6) is 0 Å². The second-order valence-electron chi connectivity index (χ2n) is 6.09. The van der Waals surface area contributed by atoms with E-state index in [1.165, 1.54) is 22.3 Å². The number of hydrogen-bond acceptors (Lipinski definition) is 2. The molecule has 0 amide bonds. The first-order valence-corrected chi connectivity index (χ1v) is 6.79. The third kappa shape index (κ3) is 3.82. The minimum absolute atomic E-state index is 0.0945. The third-order valence-corrected chi connectivity index (χ3v) is 3.90. The Morgan fingerprint density at radius 3 is 2.28 bits per heavy atom.